The van der Waals surface area contributed by atoms with Gasteiger partial charge in [-0.3, -0.25) is 9.59 Å². The van der Waals surface area contributed by atoms with Crippen LogP contribution in [0.25, 0.3) is 0 Å². The van der Waals surface area contributed by atoms with E-state index in [1.54, 1.807) is 49.2 Å². The molecule has 0 spiro atoms. The number of amides is 2. The van der Waals surface area contributed by atoms with Gasteiger partial charge in [-0.15, -0.1) is 0 Å². The van der Waals surface area contributed by atoms with Gasteiger partial charge in [0.05, 0.1) is 6.26 Å². The first-order valence-corrected chi connectivity index (χ1v) is 15.4. The van der Waals surface area contributed by atoms with E-state index in [9.17, 15) is 22.4 Å². The number of carbonyl (C=O) groups is 2. The smallest absolute Gasteiger partial charge is 0.254 e. The Bertz CT molecular complexity index is 1180. The zero-order chi connectivity index (χ0) is 28.6. The van der Waals surface area contributed by atoms with Gasteiger partial charge in [-0.05, 0) is 57.4 Å². The molecule has 0 radical (unpaired) electrons. The summed E-state index contributed by atoms with van der Waals surface area (Å²) in [4.78, 5) is 29.9. The van der Waals surface area contributed by atoms with E-state index in [1.165, 1.54) is 27.6 Å². The summed E-state index contributed by atoms with van der Waals surface area (Å²) in [7, 11) is -1.65. The van der Waals surface area contributed by atoms with Gasteiger partial charge in [-0.25, -0.2) is 12.8 Å². The Balaban J connectivity index is 1.54. The molecule has 1 saturated carbocycles. The Morgan fingerprint density at radius 3 is 2.44 bits per heavy atom. The summed E-state index contributed by atoms with van der Waals surface area (Å²) < 4.78 is 38.4. The zero-order valence-corrected chi connectivity index (χ0v) is 24.0. The number of hydrogen-bond acceptors (Lipinski definition) is 5. The highest BCUT2D eigenvalue weighted by atomic mass is 32.2. The molecular formula is C29H41FN4O4S. The largest absolute Gasteiger partial charge is 0.338 e. The van der Waals surface area contributed by atoms with Crippen molar-refractivity contribution >= 4 is 21.8 Å². The number of hydrogen-bond donors (Lipinski definition) is 1. The van der Waals surface area contributed by atoms with E-state index < -0.39 is 16.1 Å². The minimum absolute atomic E-state index is 0.151. The lowest BCUT2D eigenvalue weighted by molar-refractivity contribution is -0.137. The fraction of sp³-hybridized carbons (Fsp3) is 0.517. The van der Waals surface area contributed by atoms with Crippen LogP contribution in [0.3, 0.4) is 0 Å². The number of unbranched alkanes of at least 4 members (excludes halogenated alkanes) is 1. The van der Waals surface area contributed by atoms with Gasteiger partial charge >= 0.3 is 0 Å². The van der Waals surface area contributed by atoms with Crippen LogP contribution in [0.4, 0.5) is 4.39 Å². The van der Waals surface area contributed by atoms with Crippen LogP contribution < -0.4 is 5.32 Å². The summed E-state index contributed by atoms with van der Waals surface area (Å²) in [6.07, 6.45) is 8.79. The maximum atomic E-state index is 13.6. The normalized spacial score (nSPS) is 21.1. The van der Waals surface area contributed by atoms with E-state index in [2.05, 4.69) is 11.9 Å². The number of likely N-dealkylation sites (N-methyl/N-ethyl adjacent to an activating group) is 1. The van der Waals surface area contributed by atoms with Crippen molar-refractivity contribution in [2.45, 2.75) is 44.7 Å². The van der Waals surface area contributed by atoms with Crippen LogP contribution in [0.15, 0.2) is 66.5 Å². The van der Waals surface area contributed by atoms with Crippen LogP contribution >= 0.6 is 0 Å². The first kappa shape index (κ1) is 30.7. The predicted molar refractivity (Wildman–Crippen MR) is 152 cm³/mol. The molecule has 8 nitrogen and oxygen atoms in total. The predicted octanol–water partition coefficient (Wildman–Crippen LogP) is 3.37. The highest BCUT2D eigenvalue weighted by molar-refractivity contribution is 7.88. The molecule has 0 bridgehead atoms. The zero-order valence-electron chi connectivity index (χ0n) is 23.2. The second kappa shape index (κ2) is 14.0. The first-order valence-electron chi connectivity index (χ1n) is 13.5. The summed E-state index contributed by atoms with van der Waals surface area (Å²) >= 11 is 0. The van der Waals surface area contributed by atoms with Crippen molar-refractivity contribution in [3.63, 3.8) is 0 Å². The molecule has 2 amide bonds. The van der Waals surface area contributed by atoms with Gasteiger partial charge in [0, 0.05) is 50.7 Å². The van der Waals surface area contributed by atoms with E-state index in [4.69, 9.17) is 0 Å². The number of benzene rings is 1. The molecule has 1 saturated heterocycles. The first-order chi connectivity index (χ1) is 18.5. The maximum absolute atomic E-state index is 13.6. The van der Waals surface area contributed by atoms with Crippen molar-refractivity contribution < 1.29 is 22.4 Å². The van der Waals surface area contributed by atoms with E-state index in [0.29, 0.717) is 37.0 Å². The second-order valence-electron chi connectivity index (χ2n) is 10.3. The van der Waals surface area contributed by atoms with Gasteiger partial charge in [0.1, 0.15) is 11.9 Å². The van der Waals surface area contributed by atoms with Gasteiger partial charge < -0.3 is 15.1 Å². The van der Waals surface area contributed by atoms with Gasteiger partial charge in [-0.1, -0.05) is 42.5 Å². The lowest BCUT2D eigenvalue weighted by atomic mass is 10.0. The molecule has 10 heteroatoms. The quantitative estimate of drug-likeness (QED) is 0.295. The van der Waals surface area contributed by atoms with Crippen LogP contribution in [-0.4, -0.2) is 92.4 Å². The number of carbonyl (C=O) groups excluding carboxylic acids is 2. The van der Waals surface area contributed by atoms with Gasteiger partial charge in [0.2, 0.25) is 15.9 Å². The molecule has 1 N–H and O–H groups in total. The molecule has 2 aliphatic rings. The standard InChI is InChI=1S/C29H41FN4O4S/c1-5-24(30)15-14-22(2)25-21-26(25)31-16-10-9-13-27(32(3)28(35)23-11-7-6-8-12-23)29(36)33-17-19-34(20-18-33)39(4,37)38/h5-8,11-12,14-15,25-27,31H,2,9-10,13,16-21H2,1,3-4H3/b15-14-,24-5+/t25-,26+,27-/m0/s1. The molecule has 214 valence electrons. The molecule has 3 atom stereocenters. The van der Waals surface area contributed by atoms with Crippen molar-refractivity contribution in [1.29, 1.82) is 0 Å². The number of halogens is 1. The fourth-order valence-corrected chi connectivity index (χ4v) is 5.67. The van der Waals surface area contributed by atoms with Crippen LogP contribution in [0.1, 0.15) is 43.0 Å². The summed E-state index contributed by atoms with van der Waals surface area (Å²) in [5.41, 5.74) is 1.43. The Morgan fingerprint density at radius 1 is 1.15 bits per heavy atom. The molecular weight excluding hydrogens is 519 g/mol. The minimum atomic E-state index is -3.31. The highest BCUT2D eigenvalue weighted by Gasteiger charge is 2.38. The van der Waals surface area contributed by atoms with Crippen molar-refractivity contribution in [3.8, 4) is 0 Å². The van der Waals surface area contributed by atoms with Crippen LogP contribution in [0, 0.1) is 5.92 Å². The Kier molecular flexibility index (Phi) is 11.0. The van der Waals surface area contributed by atoms with Crippen molar-refractivity contribution in [1.82, 2.24) is 19.4 Å². The summed E-state index contributed by atoms with van der Waals surface area (Å²) in [5, 5.41) is 3.51. The second-order valence-corrected chi connectivity index (χ2v) is 12.2. The van der Waals surface area contributed by atoms with Gasteiger partial charge in [-0.2, -0.15) is 4.31 Å². The number of sulfonamides is 1. The number of piperazine rings is 1. The molecule has 0 aromatic heterocycles. The van der Waals surface area contributed by atoms with E-state index in [-0.39, 0.29) is 30.7 Å². The average Bonchev–Trinajstić information content (AvgIpc) is 3.72. The third-order valence-electron chi connectivity index (χ3n) is 7.42. The third-order valence-corrected chi connectivity index (χ3v) is 8.73. The number of nitrogens with one attached hydrogen (secondary N) is 1. The maximum Gasteiger partial charge on any atom is 0.254 e. The van der Waals surface area contributed by atoms with E-state index in [1.807, 2.05) is 6.07 Å². The summed E-state index contributed by atoms with van der Waals surface area (Å²) in [6, 6.07) is 8.57. The lowest BCUT2D eigenvalue weighted by Crippen LogP contribution is -2.56. The van der Waals surface area contributed by atoms with Crippen LogP contribution in [0.5, 0.6) is 0 Å². The number of rotatable bonds is 13. The monoisotopic (exact) mass is 560 g/mol. The van der Waals surface area contributed by atoms with Crippen molar-refractivity contribution in [2.75, 3.05) is 46.0 Å². The topological polar surface area (TPSA) is 90.0 Å². The SMILES string of the molecule is C=C(/C=C\C(F)=C/C)[C@@H]1C[C@H]1NCCCC[C@@H](C(=O)N1CCN(S(C)(=O)=O)CC1)N(C)C(=O)c1ccccc1. The van der Waals surface area contributed by atoms with Crippen molar-refractivity contribution in [3.05, 3.63) is 72.1 Å². The Hall–Kier alpha value is -2.82. The van der Waals surface area contributed by atoms with Gasteiger partial charge in [0.15, 0.2) is 0 Å². The Morgan fingerprint density at radius 2 is 1.82 bits per heavy atom. The van der Waals surface area contributed by atoms with Gasteiger partial charge in [0.25, 0.3) is 5.91 Å². The Labute approximate surface area is 232 Å². The molecule has 1 aromatic rings. The number of allylic oxidation sites excluding steroid dienone is 4. The molecule has 1 aliphatic heterocycles. The fourth-order valence-electron chi connectivity index (χ4n) is 4.85. The average molecular weight is 561 g/mol. The molecule has 39 heavy (non-hydrogen) atoms. The minimum Gasteiger partial charge on any atom is -0.338 e. The summed E-state index contributed by atoms with van der Waals surface area (Å²) in [5.74, 6) is -0.343. The number of nitrogens with zero attached hydrogens (tertiary/aromatic N) is 3. The van der Waals surface area contributed by atoms with E-state index in [0.717, 1.165) is 31.4 Å². The molecule has 1 aromatic carbocycles. The molecule has 1 aliphatic carbocycles. The highest BCUT2D eigenvalue weighted by Crippen LogP contribution is 2.37. The summed E-state index contributed by atoms with van der Waals surface area (Å²) in [6.45, 7) is 7.57. The van der Waals surface area contributed by atoms with E-state index >= 15 is 0 Å². The molecule has 0 unspecified atom stereocenters. The van der Waals surface area contributed by atoms with Crippen LogP contribution in [0.2, 0.25) is 0 Å². The third kappa shape index (κ3) is 8.84. The molecule has 3 rings (SSSR count). The van der Waals surface area contributed by atoms with Crippen molar-refractivity contribution in [2.24, 2.45) is 5.92 Å². The molecule has 2 fully saturated rings. The van der Waals surface area contributed by atoms with Crippen LogP contribution in [-0.2, 0) is 14.8 Å². The molecule has 1 heterocycles. The lowest BCUT2D eigenvalue weighted by Gasteiger charge is -2.37.